The molecule has 0 radical (unpaired) electrons. The number of ether oxygens (including phenoxy) is 1. The molecule has 1 fully saturated rings. The molecule has 5 nitrogen and oxygen atoms in total. The van der Waals surface area contributed by atoms with E-state index in [1.807, 2.05) is 18.2 Å². The summed E-state index contributed by atoms with van der Waals surface area (Å²) in [6.45, 7) is 3.37. The van der Waals surface area contributed by atoms with Crippen LogP contribution in [-0.2, 0) is 11.9 Å². The number of anilines is 2. The standard InChI is InChI=1S/C21H21F3N4OS2/c1-29-18-5-3-2-4-17(18)27-10-12-28(13-11-27)19-25-26-20(31-19)30-14-15-6-8-16(9-7-15)21(22,23)24/h2-9H,10-14H2,1H3. The average Bonchev–Trinajstić information content (AvgIpc) is 3.26. The predicted octanol–water partition coefficient (Wildman–Crippen LogP) is 5.18. The highest BCUT2D eigenvalue weighted by molar-refractivity contribution is 8.00. The van der Waals surface area contributed by atoms with Gasteiger partial charge in [0.2, 0.25) is 5.13 Å². The van der Waals surface area contributed by atoms with Gasteiger partial charge in [-0.1, -0.05) is 47.4 Å². The summed E-state index contributed by atoms with van der Waals surface area (Å²) in [5.74, 6) is 1.42. The van der Waals surface area contributed by atoms with Crippen molar-refractivity contribution in [1.29, 1.82) is 0 Å². The highest BCUT2D eigenvalue weighted by atomic mass is 32.2. The van der Waals surface area contributed by atoms with Crippen molar-refractivity contribution in [3.05, 3.63) is 59.7 Å². The minimum Gasteiger partial charge on any atom is -0.495 e. The highest BCUT2D eigenvalue weighted by Gasteiger charge is 2.30. The van der Waals surface area contributed by atoms with Gasteiger partial charge in [-0.3, -0.25) is 0 Å². The summed E-state index contributed by atoms with van der Waals surface area (Å²) in [7, 11) is 1.68. The van der Waals surface area contributed by atoms with E-state index in [1.54, 1.807) is 7.11 Å². The number of methoxy groups -OCH3 is 1. The van der Waals surface area contributed by atoms with E-state index in [-0.39, 0.29) is 0 Å². The molecule has 31 heavy (non-hydrogen) atoms. The van der Waals surface area contributed by atoms with Crippen LogP contribution in [0.25, 0.3) is 0 Å². The van der Waals surface area contributed by atoms with Crippen LogP contribution in [0.1, 0.15) is 11.1 Å². The molecule has 1 aliphatic rings. The quantitative estimate of drug-likeness (QED) is 0.466. The van der Waals surface area contributed by atoms with Crippen molar-refractivity contribution in [3.63, 3.8) is 0 Å². The Balaban J connectivity index is 1.31. The molecule has 4 rings (SSSR count). The molecule has 1 saturated heterocycles. The molecule has 3 aromatic rings. The first-order chi connectivity index (χ1) is 14.9. The number of hydrogen-bond acceptors (Lipinski definition) is 7. The fraction of sp³-hybridized carbons (Fsp3) is 0.333. The normalized spacial score (nSPS) is 14.7. The molecule has 0 N–H and O–H groups in total. The van der Waals surface area contributed by atoms with Gasteiger partial charge < -0.3 is 14.5 Å². The summed E-state index contributed by atoms with van der Waals surface area (Å²) >= 11 is 3.00. The van der Waals surface area contributed by atoms with Gasteiger partial charge in [-0.25, -0.2) is 0 Å². The van der Waals surface area contributed by atoms with E-state index in [9.17, 15) is 13.2 Å². The average molecular weight is 467 g/mol. The summed E-state index contributed by atoms with van der Waals surface area (Å²) in [5.41, 5.74) is 1.28. The predicted molar refractivity (Wildman–Crippen MR) is 118 cm³/mol. The summed E-state index contributed by atoms with van der Waals surface area (Å²) in [6.07, 6.45) is -4.31. The topological polar surface area (TPSA) is 41.5 Å². The maximum Gasteiger partial charge on any atom is 0.416 e. The SMILES string of the molecule is COc1ccccc1N1CCN(c2nnc(SCc3ccc(C(F)(F)F)cc3)s2)CC1. The molecular formula is C21H21F3N4OS2. The van der Waals surface area contributed by atoms with Crippen LogP contribution >= 0.6 is 23.1 Å². The summed E-state index contributed by atoms with van der Waals surface area (Å²) < 4.78 is 44.3. The zero-order valence-electron chi connectivity index (χ0n) is 16.8. The van der Waals surface area contributed by atoms with Crippen LogP contribution in [0.5, 0.6) is 5.75 Å². The molecule has 164 valence electrons. The Morgan fingerprint density at radius 2 is 1.65 bits per heavy atom. The van der Waals surface area contributed by atoms with Gasteiger partial charge in [0.05, 0.1) is 18.4 Å². The van der Waals surface area contributed by atoms with E-state index in [4.69, 9.17) is 4.74 Å². The number of halogens is 3. The molecule has 0 saturated carbocycles. The Kier molecular flexibility index (Phi) is 6.57. The van der Waals surface area contributed by atoms with Crippen molar-refractivity contribution >= 4 is 33.9 Å². The van der Waals surface area contributed by atoms with Crippen molar-refractivity contribution in [1.82, 2.24) is 10.2 Å². The first-order valence-corrected chi connectivity index (χ1v) is 11.5. The summed E-state index contributed by atoms with van der Waals surface area (Å²) in [6, 6.07) is 13.2. The number of aromatic nitrogens is 2. The molecule has 10 heteroatoms. The van der Waals surface area contributed by atoms with Crippen molar-refractivity contribution in [3.8, 4) is 5.75 Å². The second kappa shape index (κ2) is 9.35. The molecule has 1 aliphatic heterocycles. The van der Waals surface area contributed by atoms with Gasteiger partial charge in [-0.2, -0.15) is 13.2 Å². The van der Waals surface area contributed by atoms with Crippen LogP contribution in [0.3, 0.4) is 0 Å². The van der Waals surface area contributed by atoms with E-state index < -0.39 is 11.7 Å². The molecule has 1 aromatic heterocycles. The van der Waals surface area contributed by atoms with Gasteiger partial charge in [0.1, 0.15) is 5.75 Å². The second-order valence-electron chi connectivity index (χ2n) is 6.98. The lowest BCUT2D eigenvalue weighted by Gasteiger charge is -2.36. The number of nitrogens with zero attached hydrogens (tertiary/aromatic N) is 4. The van der Waals surface area contributed by atoms with Crippen molar-refractivity contribution in [2.75, 3.05) is 43.1 Å². The number of benzene rings is 2. The van der Waals surface area contributed by atoms with Crippen LogP contribution in [0, 0.1) is 0 Å². The van der Waals surface area contributed by atoms with Gasteiger partial charge >= 0.3 is 6.18 Å². The number of thioether (sulfide) groups is 1. The van der Waals surface area contributed by atoms with Gasteiger partial charge in [0.25, 0.3) is 0 Å². The summed E-state index contributed by atoms with van der Waals surface area (Å²) in [5, 5.41) is 9.43. The van der Waals surface area contributed by atoms with E-state index in [1.165, 1.54) is 35.2 Å². The van der Waals surface area contributed by atoms with Gasteiger partial charge in [0, 0.05) is 31.9 Å². The van der Waals surface area contributed by atoms with Gasteiger partial charge in [-0.15, -0.1) is 10.2 Å². The first kappa shape index (κ1) is 21.8. The smallest absolute Gasteiger partial charge is 0.416 e. The molecule has 0 bridgehead atoms. The Morgan fingerprint density at radius 3 is 2.32 bits per heavy atom. The maximum atomic E-state index is 12.7. The number of piperazine rings is 1. The monoisotopic (exact) mass is 466 g/mol. The molecule has 0 atom stereocenters. The third-order valence-electron chi connectivity index (χ3n) is 5.02. The van der Waals surface area contributed by atoms with E-state index in [0.717, 1.165) is 64.8 Å². The Bertz CT molecular complexity index is 1000. The Labute approximate surface area is 186 Å². The van der Waals surface area contributed by atoms with E-state index in [2.05, 4.69) is 26.1 Å². The lowest BCUT2D eigenvalue weighted by molar-refractivity contribution is -0.137. The van der Waals surface area contributed by atoms with Gasteiger partial charge in [-0.05, 0) is 29.8 Å². The zero-order chi connectivity index (χ0) is 21.8. The lowest BCUT2D eigenvalue weighted by Crippen LogP contribution is -2.46. The third-order valence-corrected chi connectivity index (χ3v) is 7.20. The van der Waals surface area contributed by atoms with Crippen LogP contribution < -0.4 is 14.5 Å². The molecule has 2 aromatic carbocycles. The summed E-state index contributed by atoms with van der Waals surface area (Å²) in [4.78, 5) is 4.52. The number of rotatable bonds is 6. The Morgan fingerprint density at radius 1 is 0.968 bits per heavy atom. The minimum atomic E-state index is -4.31. The first-order valence-electron chi connectivity index (χ1n) is 9.69. The number of hydrogen-bond donors (Lipinski definition) is 0. The molecular weight excluding hydrogens is 445 g/mol. The van der Waals surface area contributed by atoms with Crippen LogP contribution in [0.15, 0.2) is 52.9 Å². The van der Waals surface area contributed by atoms with Crippen molar-refractivity contribution < 1.29 is 17.9 Å². The van der Waals surface area contributed by atoms with Gasteiger partial charge in [0.15, 0.2) is 4.34 Å². The second-order valence-corrected chi connectivity index (χ2v) is 9.16. The van der Waals surface area contributed by atoms with E-state index >= 15 is 0 Å². The Hall–Kier alpha value is -2.46. The fourth-order valence-electron chi connectivity index (χ4n) is 3.35. The zero-order valence-corrected chi connectivity index (χ0v) is 18.4. The van der Waals surface area contributed by atoms with Crippen LogP contribution in [-0.4, -0.2) is 43.5 Å². The molecule has 0 unspecified atom stereocenters. The highest BCUT2D eigenvalue weighted by Crippen LogP contribution is 2.34. The lowest BCUT2D eigenvalue weighted by atomic mass is 10.1. The van der Waals surface area contributed by atoms with Crippen molar-refractivity contribution in [2.24, 2.45) is 0 Å². The molecule has 2 heterocycles. The van der Waals surface area contributed by atoms with Crippen LogP contribution in [0.2, 0.25) is 0 Å². The largest absolute Gasteiger partial charge is 0.495 e. The maximum absolute atomic E-state index is 12.7. The minimum absolute atomic E-state index is 0.550. The number of para-hydroxylation sites is 2. The molecule has 0 amide bonds. The molecule has 0 aliphatic carbocycles. The number of alkyl halides is 3. The third kappa shape index (κ3) is 5.24. The molecule has 0 spiro atoms. The van der Waals surface area contributed by atoms with Crippen LogP contribution in [0.4, 0.5) is 24.0 Å². The van der Waals surface area contributed by atoms with Crippen molar-refractivity contribution in [2.45, 2.75) is 16.3 Å². The van der Waals surface area contributed by atoms with E-state index in [0.29, 0.717) is 5.75 Å². The fourth-order valence-corrected chi connectivity index (χ4v) is 5.20.